The van der Waals surface area contributed by atoms with Crippen LogP contribution in [0.1, 0.15) is 38.3 Å². The van der Waals surface area contributed by atoms with Crippen LogP contribution < -0.4 is 5.32 Å². The molecule has 0 fully saturated rings. The Labute approximate surface area is 106 Å². The quantitative estimate of drug-likeness (QED) is 0.852. The first-order chi connectivity index (χ1) is 7.65. The molecule has 0 radical (unpaired) electrons. The van der Waals surface area contributed by atoms with Crippen molar-refractivity contribution in [1.82, 2.24) is 5.32 Å². The molecule has 1 aromatic carbocycles. The van der Waals surface area contributed by atoms with Gasteiger partial charge in [0.15, 0.2) is 0 Å². The minimum atomic E-state index is -0.145. The van der Waals surface area contributed by atoms with Crippen LogP contribution in [0.25, 0.3) is 0 Å². The molecule has 0 bridgehead atoms. The SMILES string of the molecule is CCC(CC)C(NC)c1cccc(Br)c1F. The van der Waals surface area contributed by atoms with Gasteiger partial charge in [0.1, 0.15) is 5.82 Å². The molecular formula is C13H19BrFN. The first-order valence-electron chi connectivity index (χ1n) is 5.76. The molecule has 0 amide bonds. The lowest BCUT2D eigenvalue weighted by atomic mass is 9.89. The number of halogens is 2. The van der Waals surface area contributed by atoms with Crippen molar-refractivity contribution in [2.75, 3.05) is 7.05 Å². The molecule has 0 saturated heterocycles. The third-order valence-electron chi connectivity index (χ3n) is 3.15. The highest BCUT2D eigenvalue weighted by atomic mass is 79.9. The number of hydrogen-bond acceptors (Lipinski definition) is 1. The van der Waals surface area contributed by atoms with Gasteiger partial charge in [-0.1, -0.05) is 38.8 Å². The standard InChI is InChI=1S/C13H19BrFN/c1-4-9(5-2)13(16-3)10-7-6-8-11(14)12(10)15/h6-9,13,16H,4-5H2,1-3H3. The first-order valence-corrected chi connectivity index (χ1v) is 6.56. The Morgan fingerprint density at radius 2 is 1.94 bits per heavy atom. The van der Waals surface area contributed by atoms with E-state index in [0.717, 1.165) is 18.4 Å². The van der Waals surface area contributed by atoms with Gasteiger partial charge >= 0.3 is 0 Å². The van der Waals surface area contributed by atoms with Crippen LogP contribution in [-0.4, -0.2) is 7.05 Å². The molecule has 0 spiro atoms. The molecule has 16 heavy (non-hydrogen) atoms. The van der Waals surface area contributed by atoms with Crippen molar-refractivity contribution in [1.29, 1.82) is 0 Å². The van der Waals surface area contributed by atoms with Gasteiger partial charge in [-0.05, 0) is 35.0 Å². The number of benzene rings is 1. The Kier molecular flexibility index (Phi) is 5.42. The molecule has 0 heterocycles. The highest BCUT2D eigenvalue weighted by Crippen LogP contribution is 2.31. The normalized spacial score (nSPS) is 13.1. The summed E-state index contributed by atoms with van der Waals surface area (Å²) < 4.78 is 14.5. The van der Waals surface area contributed by atoms with E-state index in [9.17, 15) is 4.39 Å². The minimum Gasteiger partial charge on any atom is -0.313 e. The van der Waals surface area contributed by atoms with Gasteiger partial charge in [-0.25, -0.2) is 4.39 Å². The van der Waals surface area contributed by atoms with E-state index in [4.69, 9.17) is 0 Å². The van der Waals surface area contributed by atoms with Gasteiger partial charge in [0.2, 0.25) is 0 Å². The van der Waals surface area contributed by atoms with Crippen LogP contribution in [-0.2, 0) is 0 Å². The maximum atomic E-state index is 14.0. The molecule has 0 aliphatic heterocycles. The van der Waals surface area contributed by atoms with Crippen LogP contribution >= 0.6 is 15.9 Å². The summed E-state index contributed by atoms with van der Waals surface area (Å²) in [5, 5.41) is 3.23. The summed E-state index contributed by atoms with van der Waals surface area (Å²) >= 11 is 3.23. The van der Waals surface area contributed by atoms with Gasteiger partial charge in [0.05, 0.1) is 4.47 Å². The van der Waals surface area contributed by atoms with Gasteiger partial charge < -0.3 is 5.32 Å². The smallest absolute Gasteiger partial charge is 0.142 e. The van der Waals surface area contributed by atoms with Gasteiger partial charge in [0.25, 0.3) is 0 Å². The largest absolute Gasteiger partial charge is 0.313 e. The number of nitrogens with one attached hydrogen (secondary N) is 1. The van der Waals surface area contributed by atoms with Crippen LogP contribution in [0.15, 0.2) is 22.7 Å². The van der Waals surface area contributed by atoms with E-state index in [1.807, 2.05) is 19.2 Å². The molecule has 1 nitrogen and oxygen atoms in total. The monoisotopic (exact) mass is 287 g/mol. The van der Waals surface area contributed by atoms with Crippen LogP contribution in [0.5, 0.6) is 0 Å². The van der Waals surface area contributed by atoms with Crippen molar-refractivity contribution in [3.05, 3.63) is 34.1 Å². The highest BCUT2D eigenvalue weighted by Gasteiger charge is 2.22. The maximum absolute atomic E-state index is 14.0. The van der Waals surface area contributed by atoms with E-state index in [-0.39, 0.29) is 11.9 Å². The minimum absolute atomic E-state index is 0.0903. The van der Waals surface area contributed by atoms with Crippen molar-refractivity contribution in [3.63, 3.8) is 0 Å². The lowest BCUT2D eigenvalue weighted by molar-refractivity contribution is 0.349. The molecule has 0 aliphatic carbocycles. The number of rotatable bonds is 5. The molecular weight excluding hydrogens is 269 g/mol. The zero-order valence-corrected chi connectivity index (χ0v) is 11.6. The van der Waals surface area contributed by atoms with Crippen molar-refractivity contribution in [2.45, 2.75) is 32.7 Å². The van der Waals surface area contributed by atoms with Crippen molar-refractivity contribution in [2.24, 2.45) is 5.92 Å². The fraction of sp³-hybridized carbons (Fsp3) is 0.538. The second-order valence-corrected chi connectivity index (χ2v) is 4.84. The van der Waals surface area contributed by atoms with Crippen LogP contribution in [0, 0.1) is 11.7 Å². The highest BCUT2D eigenvalue weighted by molar-refractivity contribution is 9.10. The van der Waals surface area contributed by atoms with E-state index < -0.39 is 0 Å². The molecule has 0 aliphatic rings. The summed E-state index contributed by atoms with van der Waals surface area (Å²) in [6.07, 6.45) is 2.10. The number of hydrogen-bond donors (Lipinski definition) is 1. The van der Waals surface area contributed by atoms with Crippen molar-refractivity contribution < 1.29 is 4.39 Å². The van der Waals surface area contributed by atoms with Crippen LogP contribution in [0.2, 0.25) is 0 Å². The van der Waals surface area contributed by atoms with E-state index in [1.165, 1.54) is 0 Å². The fourth-order valence-corrected chi connectivity index (χ4v) is 2.55. The first kappa shape index (κ1) is 13.7. The lowest BCUT2D eigenvalue weighted by Crippen LogP contribution is -2.25. The maximum Gasteiger partial charge on any atom is 0.142 e. The van der Waals surface area contributed by atoms with Gasteiger partial charge in [-0.15, -0.1) is 0 Å². The molecule has 1 aromatic rings. The molecule has 1 atom stereocenters. The van der Waals surface area contributed by atoms with Crippen LogP contribution in [0.3, 0.4) is 0 Å². The Balaban J connectivity index is 3.07. The second kappa shape index (κ2) is 6.36. The zero-order chi connectivity index (χ0) is 12.1. The summed E-state index contributed by atoms with van der Waals surface area (Å²) in [5.41, 5.74) is 0.755. The third-order valence-corrected chi connectivity index (χ3v) is 3.76. The summed E-state index contributed by atoms with van der Waals surface area (Å²) in [6, 6.07) is 5.57. The average Bonchev–Trinajstić information content (AvgIpc) is 2.30. The molecule has 0 aromatic heterocycles. The predicted molar refractivity (Wildman–Crippen MR) is 70.0 cm³/mol. The molecule has 0 saturated carbocycles. The fourth-order valence-electron chi connectivity index (χ4n) is 2.17. The molecule has 1 unspecified atom stereocenters. The Hall–Kier alpha value is -0.410. The third kappa shape index (κ3) is 2.83. The summed E-state index contributed by atoms with van der Waals surface area (Å²) in [4.78, 5) is 0. The topological polar surface area (TPSA) is 12.0 Å². The summed E-state index contributed by atoms with van der Waals surface area (Å²) in [7, 11) is 1.89. The van der Waals surface area contributed by atoms with E-state index in [2.05, 4.69) is 35.1 Å². The molecule has 90 valence electrons. The van der Waals surface area contributed by atoms with E-state index in [1.54, 1.807) is 6.07 Å². The zero-order valence-electron chi connectivity index (χ0n) is 10.1. The summed E-state index contributed by atoms with van der Waals surface area (Å²) in [6.45, 7) is 4.29. The average molecular weight is 288 g/mol. The molecule has 3 heteroatoms. The van der Waals surface area contributed by atoms with Gasteiger partial charge in [-0.3, -0.25) is 0 Å². The second-order valence-electron chi connectivity index (χ2n) is 3.99. The van der Waals surface area contributed by atoms with Gasteiger partial charge in [-0.2, -0.15) is 0 Å². The van der Waals surface area contributed by atoms with Crippen molar-refractivity contribution in [3.8, 4) is 0 Å². The van der Waals surface area contributed by atoms with E-state index >= 15 is 0 Å². The predicted octanol–water partition coefficient (Wildman–Crippen LogP) is 4.28. The van der Waals surface area contributed by atoms with Crippen molar-refractivity contribution >= 4 is 15.9 Å². The molecule has 1 rings (SSSR count). The summed E-state index contributed by atoms with van der Waals surface area (Å²) in [5.74, 6) is 0.322. The molecule has 1 N–H and O–H groups in total. The Bertz CT molecular complexity index is 337. The lowest BCUT2D eigenvalue weighted by Gasteiger charge is -2.26. The van der Waals surface area contributed by atoms with Crippen LogP contribution in [0.4, 0.5) is 4.39 Å². The Morgan fingerprint density at radius 1 is 1.31 bits per heavy atom. The van der Waals surface area contributed by atoms with E-state index in [0.29, 0.717) is 10.4 Å². The van der Waals surface area contributed by atoms with Gasteiger partial charge in [0, 0.05) is 11.6 Å². The Morgan fingerprint density at radius 3 is 2.44 bits per heavy atom.